The Morgan fingerprint density at radius 3 is 2.58 bits per heavy atom. The van der Waals surface area contributed by atoms with E-state index < -0.39 is 5.88 Å². The predicted octanol–water partition coefficient (Wildman–Crippen LogP) is -0.471. The molecule has 12 heavy (non-hydrogen) atoms. The lowest BCUT2D eigenvalue weighted by atomic mass is 10.4. The van der Waals surface area contributed by atoms with Crippen molar-refractivity contribution in [3.05, 3.63) is 5.21 Å². The summed E-state index contributed by atoms with van der Waals surface area (Å²) in [5, 5.41) is 19.6. The Labute approximate surface area is 65.3 Å². The molecule has 64 valence electrons. The molecule has 0 amide bonds. The van der Waals surface area contributed by atoms with E-state index in [0.29, 0.717) is 0 Å². The number of nitrogen functional groups attached to an aromatic ring is 2. The Morgan fingerprint density at radius 1 is 1.33 bits per heavy atom. The van der Waals surface area contributed by atoms with Gasteiger partial charge in [0, 0.05) is 0 Å². The van der Waals surface area contributed by atoms with Gasteiger partial charge in [0.2, 0.25) is 5.88 Å². The number of nitrogens with two attached hydrogens (primary N) is 2. The van der Waals surface area contributed by atoms with Crippen LogP contribution in [-0.2, 0) is 0 Å². The molecule has 2 rings (SSSR count). The van der Waals surface area contributed by atoms with Crippen LogP contribution in [0.15, 0.2) is 8.94 Å². The second-order valence-electron chi connectivity index (χ2n) is 2.21. The third kappa shape index (κ3) is 0.570. The first-order valence-corrected chi connectivity index (χ1v) is 3.00. The normalized spacial score (nSPS) is 11.0. The standard InChI is InChI=1S/C5H5N3O4/c6-1-2-3(11-4(1)7)5(9)8(10)12-2/h9H,6-7H2. The number of fused-ring (bicyclic) bond motifs is 1. The zero-order chi connectivity index (χ0) is 8.88. The van der Waals surface area contributed by atoms with Gasteiger partial charge in [0.25, 0.3) is 5.58 Å². The first-order valence-electron chi connectivity index (χ1n) is 3.00. The van der Waals surface area contributed by atoms with Crippen LogP contribution in [0, 0.1) is 5.21 Å². The Balaban J connectivity index is 2.93. The first-order chi connectivity index (χ1) is 5.61. The summed E-state index contributed by atoms with van der Waals surface area (Å²) in [6, 6.07) is 0. The maximum absolute atomic E-state index is 10.6. The van der Waals surface area contributed by atoms with Crippen LogP contribution >= 0.6 is 0 Å². The highest BCUT2D eigenvalue weighted by molar-refractivity contribution is 5.91. The number of hydrogen-bond donors (Lipinski definition) is 3. The van der Waals surface area contributed by atoms with E-state index in [-0.39, 0.29) is 27.6 Å². The van der Waals surface area contributed by atoms with Gasteiger partial charge in [0.15, 0.2) is 5.58 Å². The van der Waals surface area contributed by atoms with E-state index in [4.69, 9.17) is 21.0 Å². The van der Waals surface area contributed by atoms with Crippen LogP contribution < -0.4 is 16.4 Å². The molecule has 2 heterocycles. The summed E-state index contributed by atoms with van der Waals surface area (Å²) < 4.78 is 9.20. The van der Waals surface area contributed by atoms with Crippen molar-refractivity contribution in [2.75, 3.05) is 11.5 Å². The van der Waals surface area contributed by atoms with Crippen LogP contribution in [0.2, 0.25) is 0 Å². The zero-order valence-electron chi connectivity index (χ0n) is 5.77. The van der Waals surface area contributed by atoms with Gasteiger partial charge >= 0.3 is 5.88 Å². The fraction of sp³-hybridized carbons (Fsp3) is 0. The molecule has 0 bridgehead atoms. The molecule has 0 saturated carbocycles. The van der Waals surface area contributed by atoms with E-state index in [1.165, 1.54) is 0 Å². The molecule has 0 aliphatic carbocycles. The topological polar surface area (TPSA) is 125 Å². The lowest BCUT2D eigenvalue weighted by Gasteiger charge is -1.86. The summed E-state index contributed by atoms with van der Waals surface area (Å²) in [6.45, 7) is 0. The highest BCUT2D eigenvalue weighted by atomic mass is 16.7. The van der Waals surface area contributed by atoms with Crippen molar-refractivity contribution in [2.45, 2.75) is 0 Å². The Kier molecular flexibility index (Phi) is 0.972. The second kappa shape index (κ2) is 1.76. The second-order valence-corrected chi connectivity index (χ2v) is 2.21. The van der Waals surface area contributed by atoms with E-state index in [2.05, 4.69) is 4.52 Å². The molecule has 0 saturated heterocycles. The predicted molar refractivity (Wildman–Crippen MR) is 37.9 cm³/mol. The minimum absolute atomic E-state index is 0.00917. The van der Waals surface area contributed by atoms with E-state index >= 15 is 0 Å². The molecule has 2 aromatic heterocycles. The molecule has 5 N–H and O–H groups in total. The van der Waals surface area contributed by atoms with E-state index in [9.17, 15) is 5.21 Å². The summed E-state index contributed by atoms with van der Waals surface area (Å²) in [6.07, 6.45) is 0. The molecule has 7 nitrogen and oxygen atoms in total. The third-order valence-electron chi connectivity index (χ3n) is 1.48. The van der Waals surface area contributed by atoms with E-state index in [1.54, 1.807) is 0 Å². The molecule has 0 aliphatic heterocycles. The average molecular weight is 171 g/mol. The number of furan rings is 1. The smallest absolute Gasteiger partial charge is 0.453 e. The summed E-state index contributed by atoms with van der Waals surface area (Å²) in [7, 11) is 0. The molecule has 0 aliphatic rings. The van der Waals surface area contributed by atoms with Gasteiger partial charge < -0.3 is 25.5 Å². The van der Waals surface area contributed by atoms with Crippen molar-refractivity contribution in [2.24, 2.45) is 0 Å². The molecule has 0 radical (unpaired) electrons. The molecule has 0 unspecified atom stereocenters. The maximum Gasteiger partial charge on any atom is 0.469 e. The van der Waals surface area contributed by atoms with Crippen molar-refractivity contribution < 1.29 is 18.9 Å². The average Bonchev–Trinajstić information content (AvgIpc) is 2.43. The van der Waals surface area contributed by atoms with Gasteiger partial charge in [-0.3, -0.25) is 5.21 Å². The van der Waals surface area contributed by atoms with Crippen molar-refractivity contribution in [3.63, 3.8) is 0 Å². The van der Waals surface area contributed by atoms with E-state index in [0.717, 1.165) is 0 Å². The van der Waals surface area contributed by atoms with Gasteiger partial charge in [-0.1, -0.05) is 0 Å². The zero-order valence-corrected chi connectivity index (χ0v) is 5.77. The molecule has 0 spiro atoms. The summed E-state index contributed by atoms with van der Waals surface area (Å²) in [4.78, 5) is -0.107. The molecule has 7 heteroatoms. The van der Waals surface area contributed by atoms with Crippen LogP contribution in [-0.4, -0.2) is 5.11 Å². The van der Waals surface area contributed by atoms with Gasteiger partial charge in [-0.15, -0.1) is 0 Å². The highest BCUT2D eigenvalue weighted by Crippen LogP contribution is 2.33. The molecule has 0 fully saturated rings. The van der Waals surface area contributed by atoms with Gasteiger partial charge in [-0.25, -0.2) is 0 Å². The number of aromatic hydroxyl groups is 1. The van der Waals surface area contributed by atoms with Gasteiger partial charge in [-0.05, 0) is 0 Å². The number of aromatic nitrogens is 1. The van der Waals surface area contributed by atoms with Crippen LogP contribution in [0.4, 0.5) is 11.6 Å². The lowest BCUT2D eigenvalue weighted by molar-refractivity contribution is -0.791. The van der Waals surface area contributed by atoms with Crippen LogP contribution in [0.1, 0.15) is 0 Å². The molecule has 0 aromatic carbocycles. The van der Waals surface area contributed by atoms with Gasteiger partial charge in [0.1, 0.15) is 5.69 Å². The Bertz CT molecular complexity index is 401. The Hall–Kier alpha value is -2.05. The van der Waals surface area contributed by atoms with Crippen molar-refractivity contribution in [1.29, 1.82) is 0 Å². The largest absolute Gasteiger partial charge is 0.469 e. The van der Waals surface area contributed by atoms with Gasteiger partial charge in [0.05, 0.1) is 4.90 Å². The van der Waals surface area contributed by atoms with Crippen LogP contribution in [0.3, 0.4) is 0 Å². The SMILES string of the molecule is Nc1oc2c(O)[n+]([O-])oc2c1N. The Morgan fingerprint density at radius 2 is 2.00 bits per heavy atom. The number of nitrogens with zero attached hydrogens (tertiary/aromatic N) is 1. The van der Waals surface area contributed by atoms with Crippen LogP contribution in [0.25, 0.3) is 11.2 Å². The monoisotopic (exact) mass is 171 g/mol. The third-order valence-corrected chi connectivity index (χ3v) is 1.48. The maximum atomic E-state index is 10.6. The number of hydrogen-bond acceptors (Lipinski definition) is 6. The fourth-order valence-electron chi connectivity index (χ4n) is 0.892. The quantitative estimate of drug-likeness (QED) is 0.460. The van der Waals surface area contributed by atoms with Crippen molar-refractivity contribution >= 4 is 22.7 Å². The van der Waals surface area contributed by atoms with Crippen LogP contribution in [0.5, 0.6) is 5.88 Å². The molecular weight excluding hydrogens is 166 g/mol. The highest BCUT2D eigenvalue weighted by Gasteiger charge is 2.23. The van der Waals surface area contributed by atoms with Gasteiger partial charge in [-0.2, -0.15) is 0 Å². The minimum atomic E-state index is -0.687. The first kappa shape index (κ1) is 6.65. The molecule has 0 atom stereocenters. The van der Waals surface area contributed by atoms with Crippen molar-refractivity contribution in [3.8, 4) is 5.88 Å². The lowest BCUT2D eigenvalue weighted by Crippen LogP contribution is -2.21. The molecule has 2 aromatic rings. The minimum Gasteiger partial charge on any atom is -0.453 e. The summed E-state index contributed by atoms with van der Waals surface area (Å²) >= 11 is 0. The summed E-state index contributed by atoms with van der Waals surface area (Å²) in [5.41, 5.74) is 10.4. The summed E-state index contributed by atoms with van der Waals surface area (Å²) in [5.74, 6) is -0.770. The fourth-order valence-corrected chi connectivity index (χ4v) is 0.892. The number of anilines is 2. The molecular formula is C5H5N3O4. The number of rotatable bonds is 0. The van der Waals surface area contributed by atoms with E-state index in [1.807, 2.05) is 0 Å². The van der Waals surface area contributed by atoms with Crippen molar-refractivity contribution in [1.82, 2.24) is 0 Å².